The van der Waals surface area contributed by atoms with Crippen LogP contribution in [0.25, 0.3) is 0 Å². The fourth-order valence-electron chi connectivity index (χ4n) is 2.61. The number of hydrogen-bond acceptors (Lipinski definition) is 4. The highest BCUT2D eigenvalue weighted by molar-refractivity contribution is 6.13. The minimum Gasteiger partial charge on any atom is -0.376 e. The van der Waals surface area contributed by atoms with Crippen molar-refractivity contribution >= 4 is 11.5 Å². The highest BCUT2D eigenvalue weighted by Gasteiger charge is 2.29. The van der Waals surface area contributed by atoms with Crippen LogP contribution in [0, 0.1) is 5.92 Å². The molecule has 1 N–H and O–H groups in total. The molecule has 1 atom stereocenters. The Labute approximate surface area is 107 Å². The number of hydrogen-bond donors (Lipinski definition) is 1. The molecule has 0 bridgehead atoms. The Balaban J connectivity index is 1.64. The van der Waals surface area contributed by atoms with E-state index in [1.165, 1.54) is 12.8 Å². The molecular formula is C14H20N2O2. The van der Waals surface area contributed by atoms with Gasteiger partial charge < -0.3 is 10.1 Å². The number of ketones is 1. The van der Waals surface area contributed by atoms with E-state index < -0.39 is 0 Å². The van der Waals surface area contributed by atoms with Gasteiger partial charge in [-0.3, -0.25) is 9.79 Å². The highest BCUT2D eigenvalue weighted by atomic mass is 16.5. The number of carbonyl (C=O) groups is 1. The van der Waals surface area contributed by atoms with Gasteiger partial charge in [0, 0.05) is 30.3 Å². The zero-order valence-electron chi connectivity index (χ0n) is 10.9. The summed E-state index contributed by atoms with van der Waals surface area (Å²) < 4.78 is 5.32. The van der Waals surface area contributed by atoms with E-state index in [0.717, 1.165) is 35.9 Å². The van der Waals surface area contributed by atoms with E-state index in [-0.39, 0.29) is 5.78 Å². The molecular weight excluding hydrogens is 228 g/mol. The molecule has 0 aromatic rings. The van der Waals surface area contributed by atoms with Crippen LogP contribution in [0.3, 0.4) is 0 Å². The quantitative estimate of drug-likeness (QED) is 0.819. The van der Waals surface area contributed by atoms with Crippen LogP contribution in [0.4, 0.5) is 0 Å². The van der Waals surface area contributed by atoms with Crippen LogP contribution in [-0.2, 0) is 9.53 Å². The molecule has 0 aromatic heterocycles. The lowest BCUT2D eigenvalue weighted by molar-refractivity contribution is -0.115. The average molecular weight is 248 g/mol. The van der Waals surface area contributed by atoms with Gasteiger partial charge in [0.05, 0.1) is 25.3 Å². The number of aliphatic imine (C=N–C) groups is 1. The fraction of sp³-hybridized carbons (Fsp3) is 0.714. The van der Waals surface area contributed by atoms with Gasteiger partial charge in [0.15, 0.2) is 5.78 Å². The monoisotopic (exact) mass is 248 g/mol. The molecule has 98 valence electrons. The predicted octanol–water partition coefficient (Wildman–Crippen LogP) is 1.46. The summed E-state index contributed by atoms with van der Waals surface area (Å²) in [6.45, 7) is 4.12. The van der Waals surface area contributed by atoms with Crippen molar-refractivity contribution in [3.63, 3.8) is 0 Å². The van der Waals surface area contributed by atoms with Gasteiger partial charge in [-0.05, 0) is 25.7 Å². The molecule has 0 saturated heterocycles. The van der Waals surface area contributed by atoms with Crippen molar-refractivity contribution in [1.82, 2.24) is 5.32 Å². The summed E-state index contributed by atoms with van der Waals surface area (Å²) in [5.74, 6) is 1.04. The molecule has 0 radical (unpaired) electrons. The summed E-state index contributed by atoms with van der Waals surface area (Å²) in [6.07, 6.45) is 3.92. The van der Waals surface area contributed by atoms with E-state index >= 15 is 0 Å². The lowest BCUT2D eigenvalue weighted by Gasteiger charge is -2.23. The van der Waals surface area contributed by atoms with Gasteiger partial charge in [0.2, 0.25) is 0 Å². The average Bonchev–Trinajstić information content (AvgIpc) is 3.20. The molecule has 4 nitrogen and oxygen atoms in total. The molecule has 0 spiro atoms. The summed E-state index contributed by atoms with van der Waals surface area (Å²) in [5, 5.41) is 3.49. The molecule has 1 aliphatic carbocycles. The van der Waals surface area contributed by atoms with E-state index in [4.69, 9.17) is 4.74 Å². The normalized spacial score (nSPS) is 25.8. The zero-order valence-corrected chi connectivity index (χ0v) is 10.9. The lowest BCUT2D eigenvalue weighted by atomic mass is 9.98. The Hall–Kier alpha value is -1.00. The second-order valence-corrected chi connectivity index (χ2v) is 5.51. The Morgan fingerprint density at radius 3 is 3.11 bits per heavy atom. The highest BCUT2D eigenvalue weighted by Crippen LogP contribution is 2.32. The van der Waals surface area contributed by atoms with E-state index in [1.807, 2.05) is 0 Å². The molecule has 0 unspecified atom stereocenters. The first-order valence-electron chi connectivity index (χ1n) is 6.87. The summed E-state index contributed by atoms with van der Waals surface area (Å²) >= 11 is 0. The van der Waals surface area contributed by atoms with Crippen LogP contribution >= 0.6 is 0 Å². The number of carbonyl (C=O) groups excluding carboxylic acids is 1. The van der Waals surface area contributed by atoms with E-state index in [1.54, 1.807) is 0 Å². The largest absolute Gasteiger partial charge is 0.376 e. The molecule has 2 heterocycles. The van der Waals surface area contributed by atoms with Gasteiger partial charge >= 0.3 is 0 Å². The minimum absolute atomic E-state index is 0.204. The van der Waals surface area contributed by atoms with E-state index in [9.17, 15) is 4.79 Å². The van der Waals surface area contributed by atoms with Crippen LogP contribution in [0.1, 0.15) is 32.6 Å². The maximum absolute atomic E-state index is 12.0. The smallest absolute Gasteiger partial charge is 0.168 e. The van der Waals surface area contributed by atoms with Gasteiger partial charge in [-0.15, -0.1) is 0 Å². The molecule has 18 heavy (non-hydrogen) atoms. The summed E-state index contributed by atoms with van der Waals surface area (Å²) in [7, 11) is 0. The summed E-state index contributed by atoms with van der Waals surface area (Å²) in [5.41, 5.74) is 2.77. The van der Waals surface area contributed by atoms with Crippen LogP contribution in [0.2, 0.25) is 0 Å². The van der Waals surface area contributed by atoms with Crippen molar-refractivity contribution in [3.05, 3.63) is 11.3 Å². The van der Waals surface area contributed by atoms with Gasteiger partial charge in [0.1, 0.15) is 0 Å². The number of Topliss-reactive ketones (excluding diaryl/α,β-unsaturated/α-hetero) is 1. The third-order valence-electron chi connectivity index (χ3n) is 4.03. The molecule has 0 aromatic carbocycles. The number of rotatable bonds is 4. The first-order chi connectivity index (χ1) is 8.74. The van der Waals surface area contributed by atoms with Crippen molar-refractivity contribution in [2.24, 2.45) is 10.9 Å². The Bertz CT molecular complexity index is 422. The van der Waals surface area contributed by atoms with Crippen molar-refractivity contribution in [2.75, 3.05) is 19.8 Å². The number of nitrogens with one attached hydrogen (secondary N) is 1. The number of ether oxygens (including phenoxy) is 1. The molecule has 0 amide bonds. The van der Waals surface area contributed by atoms with Gasteiger partial charge in [-0.1, -0.05) is 0 Å². The molecule has 3 aliphatic rings. The first kappa shape index (κ1) is 12.1. The molecule has 1 saturated carbocycles. The van der Waals surface area contributed by atoms with Gasteiger partial charge in [0.25, 0.3) is 0 Å². The van der Waals surface area contributed by atoms with E-state index in [0.29, 0.717) is 25.7 Å². The molecule has 1 fully saturated rings. The molecule has 4 heteroatoms. The third-order valence-corrected chi connectivity index (χ3v) is 4.03. The third kappa shape index (κ3) is 2.54. The van der Waals surface area contributed by atoms with Crippen molar-refractivity contribution < 1.29 is 9.53 Å². The predicted molar refractivity (Wildman–Crippen MR) is 69.7 cm³/mol. The molecule has 3 rings (SSSR count). The zero-order chi connectivity index (χ0) is 12.5. The van der Waals surface area contributed by atoms with Crippen LogP contribution in [-0.4, -0.2) is 37.3 Å². The second kappa shape index (κ2) is 4.94. The molecule has 2 aliphatic heterocycles. The van der Waals surface area contributed by atoms with Crippen molar-refractivity contribution in [1.29, 1.82) is 0 Å². The first-order valence-corrected chi connectivity index (χ1v) is 6.87. The van der Waals surface area contributed by atoms with Crippen LogP contribution in [0.5, 0.6) is 0 Å². The fourth-order valence-corrected chi connectivity index (χ4v) is 2.61. The van der Waals surface area contributed by atoms with Gasteiger partial charge in [-0.2, -0.15) is 0 Å². The van der Waals surface area contributed by atoms with E-state index in [2.05, 4.69) is 17.2 Å². The van der Waals surface area contributed by atoms with Crippen molar-refractivity contribution in [2.45, 2.75) is 38.6 Å². The Kier molecular flexibility index (Phi) is 3.31. The second-order valence-electron chi connectivity index (χ2n) is 5.51. The summed E-state index contributed by atoms with van der Waals surface area (Å²) in [4.78, 5) is 16.6. The minimum atomic E-state index is 0.204. The Morgan fingerprint density at radius 2 is 2.33 bits per heavy atom. The summed E-state index contributed by atoms with van der Waals surface area (Å²) in [6, 6.07) is 0.549. The maximum atomic E-state index is 12.0. The lowest BCUT2D eigenvalue weighted by Crippen LogP contribution is -2.35. The SMILES string of the molecule is C[C@@H](NCC1=NC2=C(COCC2)C(=O)C1)C1CC1. The topological polar surface area (TPSA) is 50.7 Å². The van der Waals surface area contributed by atoms with Gasteiger partial charge in [-0.25, -0.2) is 0 Å². The Morgan fingerprint density at radius 1 is 1.50 bits per heavy atom. The van der Waals surface area contributed by atoms with Crippen LogP contribution < -0.4 is 5.32 Å². The maximum Gasteiger partial charge on any atom is 0.168 e. The van der Waals surface area contributed by atoms with Crippen LogP contribution in [0.15, 0.2) is 16.3 Å². The number of nitrogens with zero attached hydrogens (tertiary/aromatic N) is 1. The standard InChI is InChI=1S/C14H20N2O2/c1-9(10-2-3-10)15-7-11-6-14(17)12-8-18-5-4-13(12)16-11/h9-10,15H,2-8H2,1H3/t9-/m1/s1. The van der Waals surface area contributed by atoms with Crippen molar-refractivity contribution in [3.8, 4) is 0 Å².